The number of amides is 2. The quantitative estimate of drug-likeness (QED) is 0.648. The van der Waals surface area contributed by atoms with Gasteiger partial charge in [-0.25, -0.2) is 4.79 Å². The molecule has 0 aromatic carbocycles. The maximum absolute atomic E-state index is 11.5. The Kier molecular flexibility index (Phi) is 3.83. The van der Waals surface area contributed by atoms with Crippen LogP contribution < -0.4 is 16.0 Å². The minimum atomic E-state index is 0.0261. The first-order valence-corrected chi connectivity index (χ1v) is 6.09. The molecule has 0 unspecified atom stereocenters. The predicted octanol–water partition coefficient (Wildman–Crippen LogP) is 0.838. The maximum Gasteiger partial charge on any atom is 0.315 e. The molecule has 0 bridgehead atoms. The van der Waals surface area contributed by atoms with Gasteiger partial charge in [-0.2, -0.15) is 0 Å². The first-order valence-electron chi connectivity index (χ1n) is 6.09. The summed E-state index contributed by atoms with van der Waals surface area (Å²) in [6.45, 7) is 3.02. The Bertz CT molecular complexity index is 210. The summed E-state index contributed by atoms with van der Waals surface area (Å²) in [5, 5.41) is 9.29. The maximum atomic E-state index is 11.5. The fourth-order valence-electron chi connectivity index (χ4n) is 2.11. The van der Waals surface area contributed by atoms with Crippen molar-refractivity contribution in [1.29, 1.82) is 0 Å². The predicted molar refractivity (Wildman–Crippen MR) is 59.8 cm³/mol. The largest absolute Gasteiger partial charge is 0.338 e. The Balaban J connectivity index is 1.57. The minimum absolute atomic E-state index is 0.0261. The number of piperidine rings is 1. The van der Waals surface area contributed by atoms with Gasteiger partial charge >= 0.3 is 6.03 Å². The van der Waals surface area contributed by atoms with E-state index in [1.807, 2.05) is 0 Å². The lowest BCUT2D eigenvalue weighted by molar-refractivity contribution is 0.224. The van der Waals surface area contributed by atoms with Gasteiger partial charge in [0, 0.05) is 12.6 Å². The highest BCUT2D eigenvalue weighted by Crippen LogP contribution is 2.17. The highest BCUT2D eigenvalue weighted by atomic mass is 16.2. The van der Waals surface area contributed by atoms with Gasteiger partial charge in [-0.1, -0.05) is 0 Å². The summed E-state index contributed by atoms with van der Waals surface area (Å²) < 4.78 is 0. The van der Waals surface area contributed by atoms with Gasteiger partial charge in [0.25, 0.3) is 0 Å². The molecule has 4 heteroatoms. The molecular formula is C11H21N3O. The number of nitrogens with one attached hydrogen (secondary N) is 3. The van der Waals surface area contributed by atoms with Crippen molar-refractivity contribution in [2.45, 2.75) is 38.1 Å². The molecule has 4 nitrogen and oxygen atoms in total. The van der Waals surface area contributed by atoms with E-state index in [2.05, 4.69) is 16.0 Å². The minimum Gasteiger partial charge on any atom is -0.338 e. The lowest BCUT2D eigenvalue weighted by atomic mass is 9.93. The molecular weight excluding hydrogens is 190 g/mol. The molecule has 2 fully saturated rings. The molecule has 1 aliphatic heterocycles. The van der Waals surface area contributed by atoms with Gasteiger partial charge in [-0.3, -0.25) is 0 Å². The van der Waals surface area contributed by atoms with Crippen LogP contribution in [0.4, 0.5) is 4.79 Å². The smallest absolute Gasteiger partial charge is 0.315 e. The second-order valence-corrected chi connectivity index (χ2v) is 4.68. The SMILES string of the molecule is O=C(NCC1CCNCC1)NC1CCC1. The summed E-state index contributed by atoms with van der Waals surface area (Å²) in [4.78, 5) is 11.5. The van der Waals surface area contributed by atoms with Crippen molar-refractivity contribution in [2.75, 3.05) is 19.6 Å². The van der Waals surface area contributed by atoms with Crippen LogP contribution in [-0.2, 0) is 0 Å². The van der Waals surface area contributed by atoms with Gasteiger partial charge in [0.05, 0.1) is 0 Å². The molecule has 0 atom stereocenters. The standard InChI is InChI=1S/C11H21N3O/c15-11(14-10-2-1-3-10)13-8-9-4-6-12-7-5-9/h9-10,12H,1-8H2,(H2,13,14,15). The van der Waals surface area contributed by atoms with E-state index in [-0.39, 0.29) is 6.03 Å². The van der Waals surface area contributed by atoms with E-state index in [1.165, 1.54) is 19.3 Å². The number of carbonyl (C=O) groups excluding carboxylic acids is 1. The summed E-state index contributed by atoms with van der Waals surface area (Å²) >= 11 is 0. The first-order chi connectivity index (χ1) is 7.34. The Labute approximate surface area is 91.2 Å². The lowest BCUT2D eigenvalue weighted by Gasteiger charge is -2.27. The Hall–Kier alpha value is -0.770. The fourth-order valence-corrected chi connectivity index (χ4v) is 2.11. The second kappa shape index (κ2) is 5.35. The Morgan fingerprint density at radius 2 is 1.93 bits per heavy atom. The Morgan fingerprint density at radius 1 is 1.20 bits per heavy atom. The van der Waals surface area contributed by atoms with Crippen molar-refractivity contribution in [1.82, 2.24) is 16.0 Å². The van der Waals surface area contributed by atoms with Crippen LogP contribution in [0.3, 0.4) is 0 Å². The van der Waals surface area contributed by atoms with E-state index < -0.39 is 0 Å². The highest BCUT2D eigenvalue weighted by molar-refractivity contribution is 5.74. The van der Waals surface area contributed by atoms with Crippen LogP contribution in [-0.4, -0.2) is 31.7 Å². The van der Waals surface area contributed by atoms with E-state index >= 15 is 0 Å². The average molecular weight is 211 g/mol. The third kappa shape index (κ3) is 3.38. The lowest BCUT2D eigenvalue weighted by Crippen LogP contribution is -2.47. The molecule has 2 rings (SSSR count). The molecule has 1 heterocycles. The third-order valence-corrected chi connectivity index (χ3v) is 3.45. The summed E-state index contributed by atoms with van der Waals surface area (Å²) in [5.74, 6) is 0.665. The molecule has 86 valence electrons. The molecule has 1 saturated heterocycles. The zero-order valence-electron chi connectivity index (χ0n) is 9.22. The first kappa shape index (κ1) is 10.7. The monoisotopic (exact) mass is 211 g/mol. The number of hydrogen-bond donors (Lipinski definition) is 3. The van der Waals surface area contributed by atoms with Gasteiger partial charge in [-0.05, 0) is 51.1 Å². The van der Waals surface area contributed by atoms with Crippen LogP contribution in [0.2, 0.25) is 0 Å². The molecule has 2 aliphatic rings. The topological polar surface area (TPSA) is 53.2 Å². The van der Waals surface area contributed by atoms with Crippen molar-refractivity contribution >= 4 is 6.03 Å². The van der Waals surface area contributed by atoms with Gasteiger partial charge in [0.15, 0.2) is 0 Å². The highest BCUT2D eigenvalue weighted by Gasteiger charge is 2.20. The van der Waals surface area contributed by atoms with Gasteiger partial charge in [0.2, 0.25) is 0 Å². The van der Waals surface area contributed by atoms with E-state index in [1.54, 1.807) is 0 Å². The molecule has 3 N–H and O–H groups in total. The summed E-state index contributed by atoms with van der Waals surface area (Å²) in [6.07, 6.45) is 5.94. The van der Waals surface area contributed by atoms with E-state index in [0.29, 0.717) is 12.0 Å². The molecule has 15 heavy (non-hydrogen) atoms. The molecule has 0 spiro atoms. The van der Waals surface area contributed by atoms with Crippen molar-refractivity contribution in [2.24, 2.45) is 5.92 Å². The number of urea groups is 1. The molecule has 0 radical (unpaired) electrons. The molecule has 2 amide bonds. The van der Waals surface area contributed by atoms with Gasteiger partial charge in [-0.15, -0.1) is 0 Å². The molecule has 1 aliphatic carbocycles. The summed E-state index contributed by atoms with van der Waals surface area (Å²) in [5.41, 5.74) is 0. The third-order valence-electron chi connectivity index (χ3n) is 3.45. The zero-order chi connectivity index (χ0) is 10.5. The summed E-state index contributed by atoms with van der Waals surface area (Å²) in [6, 6.07) is 0.469. The number of hydrogen-bond acceptors (Lipinski definition) is 2. The molecule has 0 aromatic heterocycles. The fraction of sp³-hybridized carbons (Fsp3) is 0.909. The van der Waals surface area contributed by atoms with Crippen LogP contribution in [0.15, 0.2) is 0 Å². The molecule has 1 saturated carbocycles. The van der Waals surface area contributed by atoms with E-state index in [0.717, 1.165) is 32.5 Å². The Morgan fingerprint density at radius 3 is 2.53 bits per heavy atom. The van der Waals surface area contributed by atoms with Crippen LogP contribution in [0.5, 0.6) is 0 Å². The number of rotatable bonds is 3. The van der Waals surface area contributed by atoms with Gasteiger partial charge in [0.1, 0.15) is 0 Å². The van der Waals surface area contributed by atoms with Crippen LogP contribution in [0, 0.1) is 5.92 Å². The van der Waals surface area contributed by atoms with E-state index in [9.17, 15) is 4.79 Å². The van der Waals surface area contributed by atoms with Crippen molar-refractivity contribution in [3.05, 3.63) is 0 Å². The normalized spacial score (nSPS) is 23.2. The van der Waals surface area contributed by atoms with Crippen LogP contribution in [0.1, 0.15) is 32.1 Å². The van der Waals surface area contributed by atoms with Crippen molar-refractivity contribution < 1.29 is 4.79 Å². The summed E-state index contributed by atoms with van der Waals surface area (Å²) in [7, 11) is 0. The van der Waals surface area contributed by atoms with Crippen LogP contribution >= 0.6 is 0 Å². The molecule has 0 aromatic rings. The zero-order valence-corrected chi connectivity index (χ0v) is 9.22. The van der Waals surface area contributed by atoms with Crippen molar-refractivity contribution in [3.8, 4) is 0 Å². The second-order valence-electron chi connectivity index (χ2n) is 4.68. The number of carbonyl (C=O) groups is 1. The van der Waals surface area contributed by atoms with Gasteiger partial charge < -0.3 is 16.0 Å². The van der Waals surface area contributed by atoms with Crippen molar-refractivity contribution in [3.63, 3.8) is 0 Å². The van der Waals surface area contributed by atoms with E-state index in [4.69, 9.17) is 0 Å². The van der Waals surface area contributed by atoms with Crippen LogP contribution in [0.25, 0.3) is 0 Å². The average Bonchev–Trinajstić information content (AvgIpc) is 2.22.